The van der Waals surface area contributed by atoms with Crippen molar-refractivity contribution in [1.29, 1.82) is 0 Å². The summed E-state index contributed by atoms with van der Waals surface area (Å²) in [5, 5.41) is 5.28. The molecular formula is C16H19N3O3S. The van der Waals surface area contributed by atoms with Crippen molar-refractivity contribution < 1.29 is 14.3 Å². The number of thiocarbonyl (C=S) groups is 1. The van der Waals surface area contributed by atoms with Gasteiger partial charge in [0.1, 0.15) is 0 Å². The predicted molar refractivity (Wildman–Crippen MR) is 88.9 cm³/mol. The zero-order valence-electron chi connectivity index (χ0n) is 12.7. The van der Waals surface area contributed by atoms with E-state index in [-0.39, 0.29) is 16.9 Å². The fourth-order valence-corrected chi connectivity index (χ4v) is 3.25. The molecule has 1 aromatic rings. The Balaban J connectivity index is 1.88. The number of hydrogen-bond acceptors (Lipinski definition) is 5. The molecule has 2 amide bonds. The van der Waals surface area contributed by atoms with Crippen LogP contribution in [0.25, 0.3) is 0 Å². The van der Waals surface area contributed by atoms with Crippen molar-refractivity contribution in [2.75, 3.05) is 32.8 Å². The van der Waals surface area contributed by atoms with E-state index in [0.29, 0.717) is 31.7 Å². The number of ether oxygens (including phenoxy) is 1. The molecule has 0 atom stereocenters. The van der Waals surface area contributed by atoms with Crippen molar-refractivity contribution in [3.8, 4) is 0 Å². The molecule has 0 saturated carbocycles. The molecular weight excluding hydrogens is 314 g/mol. The van der Waals surface area contributed by atoms with Crippen molar-refractivity contribution in [2.45, 2.75) is 11.8 Å². The second kappa shape index (κ2) is 6.74. The zero-order chi connectivity index (χ0) is 16.3. The summed E-state index contributed by atoms with van der Waals surface area (Å²) >= 11 is 4.93. The van der Waals surface area contributed by atoms with Crippen molar-refractivity contribution in [3.63, 3.8) is 0 Å². The molecule has 7 heteroatoms. The Hall–Kier alpha value is -1.83. The highest BCUT2D eigenvalue weighted by Crippen LogP contribution is 2.31. The number of amides is 2. The van der Waals surface area contributed by atoms with E-state index in [1.165, 1.54) is 0 Å². The number of carbonyl (C=O) groups is 2. The Kier molecular flexibility index (Phi) is 4.70. The van der Waals surface area contributed by atoms with E-state index in [1.54, 1.807) is 0 Å². The third-order valence-electron chi connectivity index (χ3n) is 4.40. The number of nitrogens with zero attached hydrogens (tertiary/aromatic N) is 1. The lowest BCUT2D eigenvalue weighted by atomic mass is 9.74. The lowest BCUT2D eigenvalue weighted by molar-refractivity contribution is -0.138. The SMILES string of the molecule is O=C1NC(=S)NC(=O)C1(CCN1CCOCC1)c1ccccc1. The molecule has 23 heavy (non-hydrogen) atoms. The maximum atomic E-state index is 12.7. The van der Waals surface area contributed by atoms with Crippen molar-refractivity contribution >= 4 is 29.1 Å². The normalized spacial score (nSPS) is 21.7. The first kappa shape index (κ1) is 16.0. The second-order valence-electron chi connectivity index (χ2n) is 5.71. The van der Waals surface area contributed by atoms with Crippen LogP contribution in [0, 0.1) is 0 Å². The molecule has 2 saturated heterocycles. The van der Waals surface area contributed by atoms with Crippen molar-refractivity contribution in [2.24, 2.45) is 0 Å². The van der Waals surface area contributed by atoms with Crippen LogP contribution >= 0.6 is 12.2 Å². The minimum atomic E-state index is -1.25. The van der Waals surface area contributed by atoms with Crippen LogP contribution in [0.2, 0.25) is 0 Å². The molecule has 0 unspecified atom stereocenters. The molecule has 2 aliphatic rings. The van der Waals surface area contributed by atoms with Crippen LogP contribution in [0.4, 0.5) is 0 Å². The molecule has 2 N–H and O–H groups in total. The summed E-state index contributed by atoms with van der Waals surface area (Å²) in [6.07, 6.45) is 0.400. The van der Waals surface area contributed by atoms with E-state index >= 15 is 0 Å². The van der Waals surface area contributed by atoms with Gasteiger partial charge in [-0.3, -0.25) is 14.5 Å². The lowest BCUT2D eigenvalue weighted by Crippen LogP contribution is -2.65. The summed E-state index contributed by atoms with van der Waals surface area (Å²) in [7, 11) is 0. The Morgan fingerprint density at radius 2 is 1.70 bits per heavy atom. The molecule has 2 aliphatic heterocycles. The highest BCUT2D eigenvalue weighted by atomic mass is 32.1. The number of hydrogen-bond donors (Lipinski definition) is 2. The summed E-state index contributed by atoms with van der Waals surface area (Å²) in [6.45, 7) is 3.63. The maximum Gasteiger partial charge on any atom is 0.246 e. The molecule has 3 rings (SSSR count). The highest BCUT2D eigenvalue weighted by Gasteiger charge is 2.50. The fourth-order valence-electron chi connectivity index (χ4n) is 3.06. The van der Waals surface area contributed by atoms with Crippen LogP contribution in [0.3, 0.4) is 0 Å². The van der Waals surface area contributed by atoms with Gasteiger partial charge in [-0.25, -0.2) is 0 Å². The van der Waals surface area contributed by atoms with Gasteiger partial charge in [0.25, 0.3) is 0 Å². The minimum absolute atomic E-state index is 0.0675. The molecule has 6 nitrogen and oxygen atoms in total. The first-order valence-electron chi connectivity index (χ1n) is 7.65. The van der Waals surface area contributed by atoms with Crippen molar-refractivity contribution in [3.05, 3.63) is 35.9 Å². The van der Waals surface area contributed by atoms with Gasteiger partial charge >= 0.3 is 0 Å². The quantitative estimate of drug-likeness (QED) is 0.607. The molecule has 0 aromatic heterocycles. The van der Waals surface area contributed by atoms with E-state index < -0.39 is 5.41 Å². The smallest absolute Gasteiger partial charge is 0.246 e. The largest absolute Gasteiger partial charge is 0.379 e. The average molecular weight is 333 g/mol. The number of benzene rings is 1. The van der Waals surface area contributed by atoms with E-state index in [2.05, 4.69) is 15.5 Å². The summed E-state index contributed by atoms with van der Waals surface area (Å²) < 4.78 is 5.34. The van der Waals surface area contributed by atoms with Gasteiger partial charge in [0.2, 0.25) is 11.8 Å². The molecule has 2 fully saturated rings. The molecule has 0 radical (unpaired) electrons. The Labute approximate surface area is 140 Å². The first-order valence-corrected chi connectivity index (χ1v) is 8.06. The van der Waals surface area contributed by atoms with Gasteiger partial charge in [-0.2, -0.15) is 0 Å². The van der Waals surface area contributed by atoms with E-state index in [4.69, 9.17) is 17.0 Å². The van der Waals surface area contributed by atoms with Gasteiger partial charge in [0.15, 0.2) is 10.5 Å². The lowest BCUT2D eigenvalue weighted by Gasteiger charge is -2.37. The summed E-state index contributed by atoms with van der Waals surface area (Å²) in [6, 6.07) is 9.15. The number of nitrogens with one attached hydrogen (secondary N) is 2. The molecule has 0 aliphatic carbocycles. The summed E-state index contributed by atoms with van der Waals surface area (Å²) in [5.41, 5.74) is -0.562. The van der Waals surface area contributed by atoms with Gasteiger partial charge in [-0.1, -0.05) is 30.3 Å². The number of carbonyl (C=O) groups excluding carboxylic acids is 2. The van der Waals surface area contributed by atoms with Crippen LogP contribution in [0.15, 0.2) is 30.3 Å². The van der Waals surface area contributed by atoms with Gasteiger partial charge in [-0.05, 0) is 24.2 Å². The van der Waals surface area contributed by atoms with Crippen molar-refractivity contribution in [1.82, 2.24) is 15.5 Å². The Morgan fingerprint density at radius 1 is 1.09 bits per heavy atom. The second-order valence-corrected chi connectivity index (χ2v) is 6.12. The third-order valence-corrected chi connectivity index (χ3v) is 4.61. The number of morpholine rings is 1. The molecule has 122 valence electrons. The average Bonchev–Trinajstić information content (AvgIpc) is 2.56. The molecule has 2 heterocycles. The number of rotatable bonds is 4. The third kappa shape index (κ3) is 3.12. The van der Waals surface area contributed by atoms with Crippen LogP contribution in [0.5, 0.6) is 0 Å². The van der Waals surface area contributed by atoms with Gasteiger partial charge in [0.05, 0.1) is 13.2 Å². The topological polar surface area (TPSA) is 70.7 Å². The maximum absolute atomic E-state index is 12.7. The summed E-state index contributed by atoms with van der Waals surface area (Å²) in [4.78, 5) is 27.6. The van der Waals surface area contributed by atoms with E-state index in [1.807, 2.05) is 30.3 Å². The predicted octanol–water partition coefficient (Wildman–Crippen LogP) is 0.178. The van der Waals surface area contributed by atoms with Gasteiger partial charge < -0.3 is 15.4 Å². The Morgan fingerprint density at radius 3 is 2.30 bits per heavy atom. The molecule has 0 spiro atoms. The standard InChI is InChI=1S/C16H19N3O3S/c20-13-16(12-4-2-1-3-5-12,14(21)18-15(23)17-13)6-7-19-8-10-22-11-9-19/h1-5H,6-11H2,(H2,17,18,20,21,23). The van der Waals surface area contributed by atoms with Crippen LogP contribution in [-0.2, 0) is 19.7 Å². The minimum Gasteiger partial charge on any atom is -0.379 e. The van der Waals surface area contributed by atoms with Crippen LogP contribution in [0.1, 0.15) is 12.0 Å². The molecule has 1 aromatic carbocycles. The molecule has 0 bridgehead atoms. The van der Waals surface area contributed by atoms with Gasteiger partial charge in [-0.15, -0.1) is 0 Å². The fraction of sp³-hybridized carbons (Fsp3) is 0.438. The van der Waals surface area contributed by atoms with E-state index in [0.717, 1.165) is 13.1 Å². The zero-order valence-corrected chi connectivity index (χ0v) is 13.5. The monoisotopic (exact) mass is 333 g/mol. The first-order chi connectivity index (χ1) is 11.1. The van der Waals surface area contributed by atoms with Crippen LogP contribution < -0.4 is 10.6 Å². The highest BCUT2D eigenvalue weighted by molar-refractivity contribution is 7.80. The Bertz CT molecular complexity index is 594. The summed E-state index contributed by atoms with van der Waals surface area (Å²) in [5.74, 6) is -0.712. The van der Waals surface area contributed by atoms with Crippen LogP contribution in [-0.4, -0.2) is 54.7 Å². The van der Waals surface area contributed by atoms with E-state index in [9.17, 15) is 9.59 Å². The van der Waals surface area contributed by atoms with Gasteiger partial charge in [0, 0.05) is 19.6 Å².